The van der Waals surface area contributed by atoms with E-state index in [1.807, 2.05) is 0 Å². The lowest BCUT2D eigenvalue weighted by Gasteiger charge is -2.16. The van der Waals surface area contributed by atoms with Crippen LogP contribution in [0.4, 0.5) is 13.2 Å². The molecule has 0 saturated carbocycles. The second kappa shape index (κ2) is 5.71. The first-order valence-electron chi connectivity index (χ1n) is 5.65. The van der Waals surface area contributed by atoms with Gasteiger partial charge < -0.3 is 0 Å². The maximum Gasteiger partial charge on any atom is 0.433 e. The molecule has 0 spiro atoms. The molecular weight excluding hydrogens is 291 g/mol. The Hall–Kier alpha value is -1.75. The van der Waals surface area contributed by atoms with Crippen LogP contribution in [0.5, 0.6) is 0 Å². The Bertz CT molecular complexity index is 635. The number of aromatic nitrogens is 1. The van der Waals surface area contributed by atoms with Gasteiger partial charge in [0, 0.05) is 22.9 Å². The third kappa shape index (κ3) is 3.63. The van der Waals surface area contributed by atoms with Crippen molar-refractivity contribution in [3.05, 3.63) is 29.6 Å². The molecule has 0 aliphatic carbocycles. The summed E-state index contributed by atoms with van der Waals surface area (Å²) >= 11 is 0. The molecule has 20 heavy (non-hydrogen) atoms. The summed E-state index contributed by atoms with van der Waals surface area (Å²) in [7, 11) is -2.84. The quantitative estimate of drug-likeness (QED) is 0.403. The molecule has 0 bridgehead atoms. The minimum absolute atomic E-state index is 0.216. The molecule has 1 N–H and O–H groups in total. The van der Waals surface area contributed by atoms with E-state index >= 15 is 0 Å². The molecule has 0 amide bonds. The summed E-state index contributed by atoms with van der Waals surface area (Å²) in [6.45, 7) is 3.49. The van der Waals surface area contributed by atoms with E-state index in [-0.39, 0.29) is 5.92 Å². The average Bonchev–Trinajstić information content (AvgIpc) is 2.27. The number of hydrogen-bond acceptors (Lipinski definition) is 3. The second-order valence-electron chi connectivity index (χ2n) is 4.51. The fourth-order valence-electron chi connectivity index (χ4n) is 1.86. The first-order valence-corrected chi connectivity index (χ1v) is 7.61. The van der Waals surface area contributed by atoms with Gasteiger partial charge in [0.25, 0.3) is 0 Å². The zero-order valence-electron chi connectivity index (χ0n) is 11.2. The predicted molar refractivity (Wildman–Crippen MR) is 71.0 cm³/mol. The third-order valence-corrected chi connectivity index (χ3v) is 4.55. The van der Waals surface area contributed by atoms with Crippen molar-refractivity contribution >= 4 is 14.6 Å². The van der Waals surface area contributed by atoms with Crippen molar-refractivity contribution in [2.24, 2.45) is 5.92 Å². The zero-order valence-corrected chi connectivity index (χ0v) is 12.0. The smallest absolute Gasteiger partial charge is 0.251 e. The number of nitrogens with one attached hydrogen (secondary N) is 1. The third-order valence-electron chi connectivity index (χ3n) is 2.52. The standard InChI is InChI=1S/C12H14F3N3OS/c1-8(2)11(20(3,19)18-7-16)9-4-5-10(17-6-9)12(13,14)15/h4-6,8H,1-3H3,(H,18,19). The van der Waals surface area contributed by atoms with Crippen LogP contribution in [0.3, 0.4) is 0 Å². The highest BCUT2D eigenvalue weighted by Crippen LogP contribution is 2.27. The SMILES string of the molecule is CC(C)C(c1ccc(C(F)(F)F)nc1)=S(C)(=O)NC#N. The molecule has 0 fully saturated rings. The molecule has 0 aromatic carbocycles. The fraction of sp³-hybridized carbons (Fsp3) is 0.417. The normalized spacial score (nSPS) is 14.5. The van der Waals surface area contributed by atoms with Crippen molar-refractivity contribution in [2.45, 2.75) is 20.0 Å². The maximum absolute atomic E-state index is 12.5. The minimum Gasteiger partial charge on any atom is -0.251 e. The van der Waals surface area contributed by atoms with Crippen molar-refractivity contribution in [3.8, 4) is 6.19 Å². The Balaban J connectivity index is 3.41. The number of rotatable bonds is 3. The van der Waals surface area contributed by atoms with Crippen LogP contribution in [-0.2, 0) is 15.9 Å². The van der Waals surface area contributed by atoms with Crippen LogP contribution in [0.2, 0.25) is 0 Å². The van der Waals surface area contributed by atoms with Gasteiger partial charge in [0.2, 0.25) is 0 Å². The van der Waals surface area contributed by atoms with Crippen LogP contribution in [-0.4, -0.2) is 20.3 Å². The molecule has 0 aliphatic rings. The van der Waals surface area contributed by atoms with E-state index in [2.05, 4.69) is 9.71 Å². The van der Waals surface area contributed by atoms with Crippen molar-refractivity contribution < 1.29 is 17.4 Å². The first-order chi connectivity index (χ1) is 9.09. The summed E-state index contributed by atoms with van der Waals surface area (Å²) in [6, 6.07) is 2.05. The molecule has 0 aliphatic heterocycles. The highest BCUT2D eigenvalue weighted by Gasteiger charge is 2.32. The van der Waals surface area contributed by atoms with Gasteiger partial charge in [-0.05, 0) is 12.0 Å². The summed E-state index contributed by atoms with van der Waals surface area (Å²) in [5, 5.41) is 8.61. The van der Waals surface area contributed by atoms with E-state index in [4.69, 9.17) is 5.26 Å². The topological polar surface area (TPSA) is 65.8 Å². The average molecular weight is 305 g/mol. The van der Waals surface area contributed by atoms with Gasteiger partial charge in [0.15, 0.2) is 6.19 Å². The second-order valence-corrected chi connectivity index (χ2v) is 6.84. The number of halogens is 3. The van der Waals surface area contributed by atoms with Gasteiger partial charge in [-0.1, -0.05) is 19.9 Å². The van der Waals surface area contributed by atoms with Gasteiger partial charge in [-0.15, -0.1) is 0 Å². The van der Waals surface area contributed by atoms with Gasteiger partial charge in [-0.3, -0.25) is 4.98 Å². The number of nitriles is 1. The van der Waals surface area contributed by atoms with Crippen molar-refractivity contribution in [1.82, 2.24) is 9.71 Å². The van der Waals surface area contributed by atoms with Gasteiger partial charge in [0.05, 0.1) is 9.71 Å². The molecule has 8 heteroatoms. The summed E-state index contributed by atoms with van der Waals surface area (Å²) in [6.07, 6.45) is -0.552. The Morgan fingerprint density at radius 2 is 2.05 bits per heavy atom. The molecule has 1 rings (SSSR count). The molecule has 1 unspecified atom stereocenters. The molecule has 1 aromatic rings. The van der Waals surface area contributed by atoms with E-state index in [1.165, 1.54) is 12.3 Å². The number of nitrogens with zero attached hydrogens (tertiary/aromatic N) is 2. The molecule has 110 valence electrons. The first kappa shape index (κ1) is 16.3. The monoisotopic (exact) mass is 305 g/mol. The van der Waals surface area contributed by atoms with Crippen LogP contribution in [0.1, 0.15) is 25.1 Å². The summed E-state index contributed by atoms with van der Waals surface area (Å²) in [5.74, 6) is -0.216. The lowest BCUT2D eigenvalue weighted by Crippen LogP contribution is -2.29. The Kier molecular flexibility index (Phi) is 4.65. The highest BCUT2D eigenvalue weighted by molar-refractivity contribution is 8.00. The Morgan fingerprint density at radius 3 is 2.40 bits per heavy atom. The molecule has 1 heterocycles. The molecule has 1 aromatic heterocycles. The fourth-order valence-corrected chi connectivity index (χ4v) is 3.61. The number of hydrogen-bond donors (Lipinski definition) is 1. The lowest BCUT2D eigenvalue weighted by molar-refractivity contribution is -0.141. The van der Waals surface area contributed by atoms with Crippen LogP contribution >= 0.6 is 0 Å². The summed E-state index contributed by atoms with van der Waals surface area (Å²) in [5.41, 5.74) is -0.691. The van der Waals surface area contributed by atoms with E-state index in [0.29, 0.717) is 10.4 Å². The zero-order chi connectivity index (χ0) is 15.6. The summed E-state index contributed by atoms with van der Waals surface area (Å²) < 4.78 is 51.9. The van der Waals surface area contributed by atoms with E-state index in [9.17, 15) is 17.4 Å². The predicted octanol–water partition coefficient (Wildman–Crippen LogP) is 2.18. The Labute approximate surface area is 115 Å². The van der Waals surface area contributed by atoms with Gasteiger partial charge in [0.1, 0.15) is 5.69 Å². The summed E-state index contributed by atoms with van der Waals surface area (Å²) in [4.78, 5) is 3.71. The number of pyridine rings is 1. The molecule has 1 atom stereocenters. The van der Waals surface area contributed by atoms with E-state index < -0.39 is 21.6 Å². The van der Waals surface area contributed by atoms with Crippen LogP contribution in [0.15, 0.2) is 18.3 Å². The molecule has 0 saturated heterocycles. The molecule has 0 radical (unpaired) electrons. The van der Waals surface area contributed by atoms with E-state index in [0.717, 1.165) is 12.3 Å². The van der Waals surface area contributed by atoms with Crippen LogP contribution < -0.4 is 4.72 Å². The highest BCUT2D eigenvalue weighted by atomic mass is 32.2. The van der Waals surface area contributed by atoms with Crippen LogP contribution in [0.25, 0.3) is 0 Å². The molecular formula is C12H14F3N3OS. The van der Waals surface area contributed by atoms with Crippen LogP contribution in [0, 0.1) is 17.4 Å². The van der Waals surface area contributed by atoms with Crippen molar-refractivity contribution in [2.75, 3.05) is 6.26 Å². The van der Waals surface area contributed by atoms with Gasteiger partial charge >= 0.3 is 6.18 Å². The minimum atomic E-state index is -4.52. The lowest BCUT2D eigenvalue weighted by atomic mass is 10.0. The van der Waals surface area contributed by atoms with Gasteiger partial charge in [-0.25, -0.2) is 8.93 Å². The van der Waals surface area contributed by atoms with Crippen molar-refractivity contribution in [1.29, 1.82) is 5.26 Å². The number of alkyl halides is 3. The van der Waals surface area contributed by atoms with E-state index in [1.54, 1.807) is 20.0 Å². The molecule has 4 nitrogen and oxygen atoms in total. The maximum atomic E-state index is 12.5. The largest absolute Gasteiger partial charge is 0.433 e. The Morgan fingerprint density at radius 1 is 1.45 bits per heavy atom. The van der Waals surface area contributed by atoms with Gasteiger partial charge in [-0.2, -0.15) is 18.4 Å². The van der Waals surface area contributed by atoms with Crippen molar-refractivity contribution in [3.63, 3.8) is 0 Å².